The van der Waals surface area contributed by atoms with Crippen LogP contribution >= 0.6 is 0 Å². The Morgan fingerprint density at radius 2 is 1.33 bits per heavy atom. The lowest BCUT2D eigenvalue weighted by Gasteiger charge is -2.26. The number of pyridine rings is 1. The standard InChI is InChI=1S/C46H42N4O2/c1-45(2,3)30-20-21-47-43(26-30)50-39-15-9-7-12-35(39)36-19-18-33(28-41(36)50)51-34-25-31(46(4,5)6)24-32(27-34)48-22-23-49(29-48)40-16-11-14-38-37-13-8-10-17-42(37)52-44(38)40/h7-28H,29H2,1-6H3. The second kappa shape index (κ2) is 11.8. The molecule has 0 fully saturated rings. The minimum Gasteiger partial charge on any atom is -0.457 e. The number of anilines is 2. The Kier molecular flexibility index (Phi) is 7.23. The van der Waals surface area contributed by atoms with Gasteiger partial charge in [-0.05, 0) is 76.6 Å². The third-order valence-electron chi connectivity index (χ3n) is 10.2. The number of benzene rings is 5. The van der Waals surface area contributed by atoms with Crippen LogP contribution in [-0.2, 0) is 10.8 Å². The van der Waals surface area contributed by atoms with Gasteiger partial charge in [-0.15, -0.1) is 0 Å². The first-order valence-electron chi connectivity index (χ1n) is 18.0. The summed E-state index contributed by atoms with van der Waals surface area (Å²) in [4.78, 5) is 9.36. The van der Waals surface area contributed by atoms with Crippen LogP contribution in [0.2, 0.25) is 0 Å². The molecule has 0 unspecified atom stereocenters. The SMILES string of the molecule is CC(C)(C)c1cc(Oc2ccc3c4ccccc4n(-c4cc(C(C)(C)C)ccn4)c3c2)cc(N2C=CN(c3cccc4c3oc3ccccc34)C2)c1. The molecule has 0 saturated heterocycles. The van der Waals surface area contributed by atoms with Crippen LogP contribution in [0.4, 0.5) is 11.4 Å². The molecule has 1 aliphatic rings. The molecule has 0 saturated carbocycles. The summed E-state index contributed by atoms with van der Waals surface area (Å²) in [7, 11) is 0. The summed E-state index contributed by atoms with van der Waals surface area (Å²) < 4.78 is 15.4. The molecule has 0 amide bonds. The molecule has 0 spiro atoms. The van der Waals surface area contributed by atoms with Crippen LogP contribution in [0.1, 0.15) is 52.7 Å². The molecule has 0 aliphatic carbocycles. The van der Waals surface area contributed by atoms with Gasteiger partial charge in [-0.25, -0.2) is 4.98 Å². The highest BCUT2D eigenvalue weighted by atomic mass is 16.5. The van der Waals surface area contributed by atoms with Crippen LogP contribution < -0.4 is 14.5 Å². The highest BCUT2D eigenvalue weighted by molar-refractivity contribution is 6.10. The maximum absolute atomic E-state index is 6.78. The summed E-state index contributed by atoms with van der Waals surface area (Å²) in [6.07, 6.45) is 6.18. The minimum atomic E-state index is -0.0861. The van der Waals surface area contributed by atoms with Gasteiger partial charge in [-0.2, -0.15) is 0 Å². The molecule has 0 N–H and O–H groups in total. The molecular formula is C46H42N4O2. The topological polar surface area (TPSA) is 46.7 Å². The van der Waals surface area contributed by atoms with Gasteiger partial charge in [0.15, 0.2) is 5.58 Å². The van der Waals surface area contributed by atoms with E-state index in [-0.39, 0.29) is 10.8 Å². The quantitative estimate of drug-likeness (QED) is 0.181. The van der Waals surface area contributed by atoms with Gasteiger partial charge in [-0.1, -0.05) is 90.1 Å². The van der Waals surface area contributed by atoms with E-state index >= 15 is 0 Å². The number of aromatic nitrogens is 2. The van der Waals surface area contributed by atoms with Crippen LogP contribution in [0.3, 0.4) is 0 Å². The van der Waals surface area contributed by atoms with Gasteiger partial charge in [0, 0.05) is 58.0 Å². The third kappa shape index (κ3) is 5.46. The average molecular weight is 683 g/mol. The zero-order chi connectivity index (χ0) is 35.8. The number of ether oxygens (including phenoxy) is 1. The number of furan rings is 1. The van der Waals surface area contributed by atoms with E-state index in [4.69, 9.17) is 14.1 Å². The molecule has 4 heterocycles. The normalized spacial score (nSPS) is 13.7. The summed E-state index contributed by atoms with van der Waals surface area (Å²) in [5, 5.41) is 4.61. The van der Waals surface area contributed by atoms with E-state index in [9.17, 15) is 0 Å². The number of hydrogen-bond donors (Lipinski definition) is 0. The number of hydrogen-bond acceptors (Lipinski definition) is 5. The monoisotopic (exact) mass is 682 g/mol. The van der Waals surface area contributed by atoms with Crippen molar-refractivity contribution in [1.29, 1.82) is 0 Å². The number of nitrogens with zero attached hydrogens (tertiary/aromatic N) is 4. The van der Waals surface area contributed by atoms with Gasteiger partial charge in [0.25, 0.3) is 0 Å². The van der Waals surface area contributed by atoms with E-state index in [1.165, 1.54) is 16.5 Å². The zero-order valence-corrected chi connectivity index (χ0v) is 30.5. The van der Waals surface area contributed by atoms with Crippen molar-refractivity contribution in [2.75, 3.05) is 16.5 Å². The molecule has 0 radical (unpaired) electrons. The van der Waals surface area contributed by atoms with Crippen LogP contribution in [-0.4, -0.2) is 16.2 Å². The van der Waals surface area contributed by atoms with E-state index in [0.29, 0.717) is 6.67 Å². The van der Waals surface area contributed by atoms with Crippen LogP contribution in [0.5, 0.6) is 11.5 Å². The van der Waals surface area contributed by atoms with Crippen molar-refractivity contribution < 1.29 is 9.15 Å². The second-order valence-corrected chi connectivity index (χ2v) is 15.9. The van der Waals surface area contributed by atoms with E-state index in [1.54, 1.807) is 0 Å². The lowest BCUT2D eigenvalue weighted by molar-refractivity contribution is 0.479. The molecule has 6 nitrogen and oxygen atoms in total. The first kappa shape index (κ1) is 31.9. The van der Waals surface area contributed by atoms with Gasteiger partial charge in [0.1, 0.15) is 22.9 Å². The number of rotatable bonds is 5. The number of para-hydroxylation sites is 3. The first-order chi connectivity index (χ1) is 25.0. The molecule has 9 rings (SSSR count). The fraction of sp³-hybridized carbons (Fsp3) is 0.196. The lowest BCUT2D eigenvalue weighted by Crippen LogP contribution is -2.25. The summed E-state index contributed by atoms with van der Waals surface area (Å²) in [5.74, 6) is 2.47. The summed E-state index contributed by atoms with van der Waals surface area (Å²) in [6.45, 7) is 14.1. The van der Waals surface area contributed by atoms with Crippen molar-refractivity contribution in [2.24, 2.45) is 0 Å². The van der Waals surface area contributed by atoms with Gasteiger partial charge in [-0.3, -0.25) is 4.57 Å². The Labute approximate surface area is 304 Å². The molecular weight excluding hydrogens is 641 g/mol. The van der Waals surface area contributed by atoms with E-state index < -0.39 is 0 Å². The number of fused-ring (bicyclic) bond motifs is 6. The van der Waals surface area contributed by atoms with Crippen molar-refractivity contribution in [3.63, 3.8) is 0 Å². The lowest BCUT2D eigenvalue weighted by atomic mass is 9.86. The van der Waals surface area contributed by atoms with Gasteiger partial charge in [0.2, 0.25) is 0 Å². The van der Waals surface area contributed by atoms with E-state index in [1.807, 2.05) is 18.3 Å². The molecule has 8 aromatic rings. The molecule has 5 aromatic carbocycles. The summed E-state index contributed by atoms with van der Waals surface area (Å²) in [6, 6.07) is 40.4. The van der Waals surface area contributed by atoms with Gasteiger partial charge in [0.05, 0.1) is 23.4 Å². The molecule has 0 atom stereocenters. The van der Waals surface area contributed by atoms with Crippen molar-refractivity contribution in [2.45, 2.75) is 52.4 Å². The summed E-state index contributed by atoms with van der Waals surface area (Å²) in [5.41, 5.74) is 8.44. The Hall–Kier alpha value is -6.01. The molecule has 52 heavy (non-hydrogen) atoms. The smallest absolute Gasteiger partial charge is 0.159 e. The maximum Gasteiger partial charge on any atom is 0.159 e. The fourth-order valence-electron chi connectivity index (χ4n) is 7.35. The summed E-state index contributed by atoms with van der Waals surface area (Å²) >= 11 is 0. The average Bonchev–Trinajstić information content (AvgIpc) is 3.85. The van der Waals surface area contributed by atoms with Crippen molar-refractivity contribution >= 4 is 55.1 Å². The molecule has 3 aromatic heterocycles. The van der Waals surface area contributed by atoms with Crippen LogP contribution in [0.25, 0.3) is 49.6 Å². The predicted molar refractivity (Wildman–Crippen MR) is 215 cm³/mol. The Morgan fingerprint density at radius 1 is 0.596 bits per heavy atom. The largest absolute Gasteiger partial charge is 0.457 e. The Morgan fingerprint density at radius 3 is 2.15 bits per heavy atom. The van der Waals surface area contributed by atoms with Crippen molar-refractivity contribution in [3.8, 4) is 17.3 Å². The van der Waals surface area contributed by atoms with Gasteiger partial charge >= 0.3 is 0 Å². The van der Waals surface area contributed by atoms with Crippen molar-refractivity contribution in [1.82, 2.24) is 9.55 Å². The highest BCUT2D eigenvalue weighted by Crippen LogP contribution is 2.40. The zero-order valence-electron chi connectivity index (χ0n) is 30.5. The van der Waals surface area contributed by atoms with Crippen LogP contribution in [0.15, 0.2) is 138 Å². The second-order valence-electron chi connectivity index (χ2n) is 15.9. The third-order valence-corrected chi connectivity index (χ3v) is 10.2. The molecule has 258 valence electrons. The molecule has 6 heteroatoms. The van der Waals surface area contributed by atoms with Crippen molar-refractivity contribution in [3.05, 3.63) is 145 Å². The maximum atomic E-state index is 6.78. The minimum absolute atomic E-state index is 0.00280. The van der Waals surface area contributed by atoms with Crippen LogP contribution in [0, 0.1) is 0 Å². The van der Waals surface area contributed by atoms with E-state index in [2.05, 4.69) is 171 Å². The Bertz CT molecular complexity index is 2680. The van der Waals surface area contributed by atoms with E-state index in [0.717, 1.165) is 67.0 Å². The first-order valence-corrected chi connectivity index (χ1v) is 18.0. The van der Waals surface area contributed by atoms with Gasteiger partial charge < -0.3 is 19.0 Å². The fourth-order valence-corrected chi connectivity index (χ4v) is 7.35. The molecule has 0 bridgehead atoms. The predicted octanol–water partition coefficient (Wildman–Crippen LogP) is 12.2. The molecule has 1 aliphatic heterocycles. The highest BCUT2D eigenvalue weighted by Gasteiger charge is 2.24. The Balaban J connectivity index is 1.08.